The average molecular weight is 403 g/mol. The zero-order valence-corrected chi connectivity index (χ0v) is 17.0. The van der Waals surface area contributed by atoms with Gasteiger partial charge in [0.1, 0.15) is 5.75 Å². The van der Waals surface area contributed by atoms with Crippen LogP contribution in [0.2, 0.25) is 0 Å². The van der Waals surface area contributed by atoms with Crippen LogP contribution in [-0.2, 0) is 10.0 Å². The highest BCUT2D eigenvalue weighted by Gasteiger charge is 2.28. The number of carbonyl (C=O) groups is 1. The topological polar surface area (TPSA) is 75.7 Å². The van der Waals surface area contributed by atoms with E-state index >= 15 is 0 Å². The predicted molar refractivity (Wildman–Crippen MR) is 108 cm³/mol. The number of piperidine rings is 1. The van der Waals surface area contributed by atoms with E-state index in [1.54, 1.807) is 6.07 Å². The first kappa shape index (κ1) is 20.4. The molecule has 0 bridgehead atoms. The summed E-state index contributed by atoms with van der Waals surface area (Å²) in [4.78, 5) is 13.0. The summed E-state index contributed by atoms with van der Waals surface area (Å²) in [5.41, 5.74) is 1.18. The Morgan fingerprint density at radius 2 is 1.75 bits per heavy atom. The van der Waals surface area contributed by atoms with E-state index < -0.39 is 10.0 Å². The smallest absolute Gasteiger partial charge is 0.255 e. The highest BCUT2D eigenvalue weighted by molar-refractivity contribution is 7.89. The van der Waals surface area contributed by atoms with Crippen molar-refractivity contribution in [1.82, 2.24) is 9.62 Å². The SMILES string of the molecule is COc1ccc(S(=O)(=O)N2CCCCC2)cc1C(=O)NC(C)c1ccccc1. The molecule has 1 aliphatic rings. The Bertz CT molecular complexity index is 923. The van der Waals surface area contributed by atoms with Gasteiger partial charge in [0.2, 0.25) is 10.0 Å². The second-order valence-electron chi connectivity index (χ2n) is 6.93. The first-order valence-corrected chi connectivity index (χ1v) is 10.9. The van der Waals surface area contributed by atoms with Crippen molar-refractivity contribution >= 4 is 15.9 Å². The third kappa shape index (κ3) is 4.36. The molecule has 1 aliphatic heterocycles. The fraction of sp³-hybridized carbons (Fsp3) is 0.381. The quantitative estimate of drug-likeness (QED) is 0.804. The first-order valence-electron chi connectivity index (χ1n) is 9.47. The fourth-order valence-electron chi connectivity index (χ4n) is 3.38. The summed E-state index contributed by atoms with van der Waals surface area (Å²) in [5.74, 6) is -0.0285. The van der Waals surface area contributed by atoms with Gasteiger partial charge in [0.05, 0.1) is 23.6 Å². The van der Waals surface area contributed by atoms with E-state index in [4.69, 9.17) is 4.74 Å². The van der Waals surface area contributed by atoms with Crippen molar-refractivity contribution in [2.75, 3.05) is 20.2 Å². The molecule has 1 atom stereocenters. The molecule has 1 fully saturated rings. The van der Waals surface area contributed by atoms with Gasteiger partial charge in [-0.3, -0.25) is 4.79 Å². The maximum atomic E-state index is 13.0. The number of sulfonamides is 1. The van der Waals surface area contributed by atoms with Crippen LogP contribution in [0.5, 0.6) is 5.75 Å². The van der Waals surface area contributed by atoms with E-state index in [2.05, 4.69) is 5.32 Å². The highest BCUT2D eigenvalue weighted by atomic mass is 32.2. The van der Waals surface area contributed by atoms with Gasteiger partial charge in [0.15, 0.2) is 0 Å². The first-order chi connectivity index (χ1) is 13.4. The van der Waals surface area contributed by atoms with Gasteiger partial charge in [-0.2, -0.15) is 4.31 Å². The molecular weight excluding hydrogens is 376 g/mol. The van der Waals surface area contributed by atoms with Gasteiger partial charge >= 0.3 is 0 Å². The van der Waals surface area contributed by atoms with E-state index in [0.29, 0.717) is 18.8 Å². The zero-order chi connectivity index (χ0) is 20.1. The van der Waals surface area contributed by atoms with Crippen LogP contribution in [0.25, 0.3) is 0 Å². The summed E-state index contributed by atoms with van der Waals surface area (Å²) >= 11 is 0. The molecule has 150 valence electrons. The molecule has 1 unspecified atom stereocenters. The normalized spacial score (nSPS) is 16.4. The number of benzene rings is 2. The number of methoxy groups -OCH3 is 1. The van der Waals surface area contributed by atoms with Crippen molar-refractivity contribution in [2.24, 2.45) is 0 Å². The molecule has 6 nitrogen and oxygen atoms in total. The number of ether oxygens (including phenoxy) is 1. The number of hydrogen-bond acceptors (Lipinski definition) is 4. The molecule has 28 heavy (non-hydrogen) atoms. The van der Waals surface area contributed by atoms with Gasteiger partial charge in [0.25, 0.3) is 5.91 Å². The molecule has 7 heteroatoms. The van der Waals surface area contributed by atoms with Crippen molar-refractivity contribution in [2.45, 2.75) is 37.1 Å². The van der Waals surface area contributed by atoms with Crippen LogP contribution >= 0.6 is 0 Å². The van der Waals surface area contributed by atoms with Gasteiger partial charge in [-0.15, -0.1) is 0 Å². The van der Waals surface area contributed by atoms with Crippen LogP contribution < -0.4 is 10.1 Å². The third-order valence-electron chi connectivity index (χ3n) is 5.02. The van der Waals surface area contributed by atoms with Crippen molar-refractivity contribution in [3.8, 4) is 5.75 Å². The maximum absolute atomic E-state index is 13.0. The zero-order valence-electron chi connectivity index (χ0n) is 16.2. The van der Waals surface area contributed by atoms with E-state index in [-0.39, 0.29) is 22.4 Å². The molecule has 3 rings (SSSR count). The lowest BCUT2D eigenvalue weighted by Crippen LogP contribution is -2.35. The number of rotatable bonds is 6. The molecule has 1 N–H and O–H groups in total. The lowest BCUT2D eigenvalue weighted by molar-refractivity contribution is 0.0936. The molecule has 0 spiro atoms. The van der Waals surface area contributed by atoms with Crippen LogP contribution in [0.1, 0.15) is 48.1 Å². The van der Waals surface area contributed by atoms with Crippen molar-refractivity contribution in [3.63, 3.8) is 0 Å². The molecule has 1 amide bonds. The van der Waals surface area contributed by atoms with E-state index in [1.807, 2.05) is 37.3 Å². The molecule has 0 aliphatic carbocycles. The minimum absolute atomic E-state index is 0.118. The van der Waals surface area contributed by atoms with E-state index in [0.717, 1.165) is 24.8 Å². The Morgan fingerprint density at radius 1 is 1.07 bits per heavy atom. The summed E-state index contributed by atoms with van der Waals surface area (Å²) < 4.78 is 32.7. The second-order valence-corrected chi connectivity index (χ2v) is 8.87. The third-order valence-corrected chi connectivity index (χ3v) is 6.91. The summed E-state index contributed by atoms with van der Waals surface area (Å²) in [6.07, 6.45) is 2.76. The van der Waals surface area contributed by atoms with Crippen molar-refractivity contribution in [1.29, 1.82) is 0 Å². The molecule has 1 heterocycles. The second kappa shape index (κ2) is 8.75. The molecule has 0 saturated carbocycles. The molecule has 1 saturated heterocycles. The Balaban J connectivity index is 1.87. The van der Waals surface area contributed by atoms with Crippen LogP contribution in [0, 0.1) is 0 Å². The lowest BCUT2D eigenvalue weighted by atomic mass is 10.1. The number of carbonyl (C=O) groups excluding carboxylic acids is 1. The summed E-state index contributed by atoms with van der Waals surface area (Å²) in [5, 5.41) is 2.92. The number of nitrogens with one attached hydrogen (secondary N) is 1. The lowest BCUT2D eigenvalue weighted by Gasteiger charge is -2.26. The minimum Gasteiger partial charge on any atom is -0.496 e. The van der Waals surface area contributed by atoms with Gasteiger partial charge in [-0.25, -0.2) is 8.42 Å². The van der Waals surface area contributed by atoms with Gasteiger partial charge in [-0.05, 0) is 43.5 Å². The van der Waals surface area contributed by atoms with Crippen LogP contribution in [0.3, 0.4) is 0 Å². The molecule has 0 radical (unpaired) electrons. The van der Waals surface area contributed by atoms with Gasteiger partial charge in [0, 0.05) is 13.1 Å². The van der Waals surface area contributed by atoms with E-state index in [1.165, 1.54) is 23.5 Å². The largest absolute Gasteiger partial charge is 0.496 e. The van der Waals surface area contributed by atoms with E-state index in [9.17, 15) is 13.2 Å². The minimum atomic E-state index is -3.63. The fourth-order valence-corrected chi connectivity index (χ4v) is 4.92. The number of nitrogens with zero attached hydrogens (tertiary/aromatic N) is 1. The van der Waals surface area contributed by atoms with Gasteiger partial charge < -0.3 is 10.1 Å². The number of hydrogen-bond donors (Lipinski definition) is 1. The molecule has 2 aromatic carbocycles. The number of amides is 1. The van der Waals surface area contributed by atoms with Crippen LogP contribution in [0.15, 0.2) is 53.4 Å². The summed E-state index contributed by atoms with van der Waals surface area (Å²) in [6.45, 7) is 2.91. The summed E-state index contributed by atoms with van der Waals surface area (Å²) in [6, 6.07) is 13.8. The Labute approximate surface area is 166 Å². The average Bonchev–Trinajstić information content (AvgIpc) is 2.74. The predicted octanol–water partition coefficient (Wildman–Crippen LogP) is 3.36. The maximum Gasteiger partial charge on any atom is 0.255 e. The molecule has 2 aromatic rings. The van der Waals surface area contributed by atoms with Crippen LogP contribution in [0.4, 0.5) is 0 Å². The molecule has 0 aromatic heterocycles. The van der Waals surface area contributed by atoms with Crippen molar-refractivity contribution < 1.29 is 17.9 Å². The van der Waals surface area contributed by atoms with Gasteiger partial charge in [-0.1, -0.05) is 36.8 Å². The Kier molecular flexibility index (Phi) is 6.36. The monoisotopic (exact) mass is 402 g/mol. The summed E-state index contributed by atoms with van der Waals surface area (Å²) in [7, 11) is -2.16. The Hall–Kier alpha value is -2.38. The Morgan fingerprint density at radius 3 is 2.39 bits per heavy atom. The highest BCUT2D eigenvalue weighted by Crippen LogP contribution is 2.27. The standard InChI is InChI=1S/C21H26N2O4S/c1-16(17-9-5-3-6-10-17)22-21(24)19-15-18(11-12-20(19)27-2)28(25,26)23-13-7-4-8-14-23/h3,5-6,9-12,15-16H,4,7-8,13-14H2,1-2H3,(H,22,24). The molecular formula is C21H26N2O4S. The van der Waals surface area contributed by atoms with Crippen molar-refractivity contribution in [3.05, 3.63) is 59.7 Å². The van der Waals surface area contributed by atoms with Crippen LogP contribution in [-0.4, -0.2) is 38.8 Å².